The van der Waals surface area contributed by atoms with E-state index in [9.17, 15) is 43.2 Å². The second-order valence-electron chi connectivity index (χ2n) is 26.6. The third-order valence-corrected chi connectivity index (χ3v) is 18.8. The van der Waals surface area contributed by atoms with E-state index in [2.05, 4.69) is 88.5 Å². The van der Waals surface area contributed by atoms with Crippen LogP contribution >= 0.6 is 15.6 Å². The first-order chi connectivity index (χ1) is 47.7. The molecule has 17 nitrogen and oxygen atoms in total. The van der Waals surface area contributed by atoms with Crippen LogP contribution in [-0.4, -0.2) is 96.7 Å². The second kappa shape index (κ2) is 72.1. The molecule has 0 aromatic rings. The van der Waals surface area contributed by atoms with E-state index in [1.54, 1.807) is 0 Å². The number of ether oxygens (including phenoxy) is 4. The van der Waals surface area contributed by atoms with Gasteiger partial charge in [0.05, 0.1) is 26.4 Å². The molecule has 0 heterocycles. The summed E-state index contributed by atoms with van der Waals surface area (Å²) in [5.41, 5.74) is 0. The van der Waals surface area contributed by atoms with E-state index >= 15 is 0 Å². The van der Waals surface area contributed by atoms with Crippen LogP contribution < -0.4 is 0 Å². The van der Waals surface area contributed by atoms with Gasteiger partial charge in [0.1, 0.15) is 19.3 Å². The van der Waals surface area contributed by atoms with Crippen molar-refractivity contribution < 1.29 is 80.2 Å². The zero-order chi connectivity index (χ0) is 71.8. The largest absolute Gasteiger partial charge is 0.472 e. The van der Waals surface area contributed by atoms with E-state index in [1.807, 2.05) is 0 Å². The lowest BCUT2D eigenvalue weighted by Crippen LogP contribution is -2.30. The van der Waals surface area contributed by atoms with E-state index in [0.29, 0.717) is 25.7 Å². The molecule has 0 spiro atoms. The SMILES string of the molecule is CCCCC/C=C\C/C=C\CCCCCCCC(=O)OCC(COP(=O)(O)OCC(O)COP(=O)(O)OCC(COC(=O)CCCCCCC/C=C\CCCCCCCC)OC(=O)CCCCCCC/C=C\CCCCCCCC)OC(=O)CCCCCCC/C=C\CCCCCC. The van der Waals surface area contributed by atoms with Gasteiger partial charge < -0.3 is 33.8 Å². The Bertz CT molecular complexity index is 2100. The number of phosphoric acid groups is 2. The first-order valence-corrected chi connectivity index (χ1v) is 42.5. The van der Waals surface area contributed by atoms with E-state index in [0.717, 1.165) is 161 Å². The Kier molecular flexibility index (Phi) is 69.7. The van der Waals surface area contributed by atoms with Crippen LogP contribution in [0.4, 0.5) is 0 Å². The van der Waals surface area contributed by atoms with Crippen molar-refractivity contribution in [1.82, 2.24) is 0 Å². The molecular weight excluding hydrogens is 1280 g/mol. The highest BCUT2D eigenvalue weighted by Crippen LogP contribution is 2.45. The fourth-order valence-corrected chi connectivity index (χ4v) is 12.4. The average Bonchev–Trinajstić information content (AvgIpc) is 0.959. The topological polar surface area (TPSA) is 237 Å². The second-order valence-corrected chi connectivity index (χ2v) is 29.5. The van der Waals surface area contributed by atoms with Crippen LogP contribution in [-0.2, 0) is 65.4 Å². The van der Waals surface area contributed by atoms with Gasteiger partial charge in [-0.15, -0.1) is 0 Å². The summed E-state index contributed by atoms with van der Waals surface area (Å²) in [5.74, 6) is -2.19. The van der Waals surface area contributed by atoms with Gasteiger partial charge in [0.2, 0.25) is 0 Å². The molecule has 3 N–H and O–H groups in total. The summed E-state index contributed by atoms with van der Waals surface area (Å²) in [4.78, 5) is 72.9. The predicted molar refractivity (Wildman–Crippen MR) is 400 cm³/mol. The number of allylic oxidation sites excluding steroid dienone is 10. The van der Waals surface area contributed by atoms with E-state index in [1.165, 1.54) is 122 Å². The minimum Gasteiger partial charge on any atom is -0.462 e. The Balaban J connectivity index is 5.35. The van der Waals surface area contributed by atoms with Gasteiger partial charge in [0, 0.05) is 25.7 Å². The molecule has 0 saturated heterocycles. The van der Waals surface area contributed by atoms with Gasteiger partial charge in [-0.2, -0.15) is 0 Å². The molecule has 0 rings (SSSR count). The number of rotatable bonds is 75. The molecule has 0 aromatic heterocycles. The van der Waals surface area contributed by atoms with Crippen molar-refractivity contribution in [3.63, 3.8) is 0 Å². The van der Waals surface area contributed by atoms with Gasteiger partial charge in [-0.25, -0.2) is 9.13 Å². The molecule has 5 atom stereocenters. The van der Waals surface area contributed by atoms with Crippen molar-refractivity contribution in [1.29, 1.82) is 0 Å². The Morgan fingerprint density at radius 3 is 0.796 bits per heavy atom. The van der Waals surface area contributed by atoms with E-state index < -0.39 is 97.5 Å². The zero-order valence-electron chi connectivity index (χ0n) is 62.5. The van der Waals surface area contributed by atoms with Gasteiger partial charge in [-0.1, -0.05) is 262 Å². The van der Waals surface area contributed by atoms with Gasteiger partial charge in [-0.05, 0) is 135 Å². The maximum atomic E-state index is 13.1. The lowest BCUT2D eigenvalue weighted by atomic mass is 10.1. The lowest BCUT2D eigenvalue weighted by molar-refractivity contribution is -0.161. The highest BCUT2D eigenvalue weighted by Gasteiger charge is 2.30. The molecule has 0 saturated carbocycles. The Labute approximate surface area is 597 Å². The molecule has 0 bridgehead atoms. The van der Waals surface area contributed by atoms with Crippen molar-refractivity contribution in [2.75, 3.05) is 39.6 Å². The quantitative estimate of drug-likeness (QED) is 0.0169. The molecule has 0 amide bonds. The Morgan fingerprint density at radius 1 is 0.286 bits per heavy atom. The molecule has 5 unspecified atom stereocenters. The molecule has 0 aliphatic rings. The lowest BCUT2D eigenvalue weighted by Gasteiger charge is -2.21. The third kappa shape index (κ3) is 71.2. The van der Waals surface area contributed by atoms with Crippen molar-refractivity contribution in [3.05, 3.63) is 60.8 Å². The third-order valence-electron chi connectivity index (χ3n) is 16.9. The maximum absolute atomic E-state index is 13.1. The number of hydrogen-bond acceptors (Lipinski definition) is 15. The molecule has 0 aliphatic heterocycles. The van der Waals surface area contributed by atoms with Crippen LogP contribution in [0.25, 0.3) is 0 Å². The monoisotopic (exact) mass is 1430 g/mol. The Morgan fingerprint density at radius 2 is 0.500 bits per heavy atom. The zero-order valence-corrected chi connectivity index (χ0v) is 64.3. The van der Waals surface area contributed by atoms with Gasteiger partial charge in [-0.3, -0.25) is 37.3 Å². The van der Waals surface area contributed by atoms with Crippen LogP contribution in [0.5, 0.6) is 0 Å². The van der Waals surface area contributed by atoms with Crippen molar-refractivity contribution in [3.8, 4) is 0 Å². The summed E-state index contributed by atoms with van der Waals surface area (Å²) in [5, 5.41) is 10.6. The molecule has 0 fully saturated rings. The first-order valence-electron chi connectivity index (χ1n) is 39.5. The highest BCUT2D eigenvalue weighted by molar-refractivity contribution is 7.47. The highest BCUT2D eigenvalue weighted by atomic mass is 31.2. The van der Waals surface area contributed by atoms with Crippen LogP contribution in [0.2, 0.25) is 0 Å². The van der Waals surface area contributed by atoms with Crippen LogP contribution in [0.15, 0.2) is 60.8 Å². The van der Waals surface area contributed by atoms with Crippen LogP contribution in [0.1, 0.15) is 362 Å². The minimum absolute atomic E-state index is 0.0850. The number of esters is 4. The van der Waals surface area contributed by atoms with Crippen molar-refractivity contribution in [2.45, 2.75) is 380 Å². The number of unbranched alkanes of at least 4 members (excludes halogenated alkanes) is 39. The van der Waals surface area contributed by atoms with Gasteiger partial charge >= 0.3 is 39.5 Å². The summed E-state index contributed by atoms with van der Waals surface area (Å²) in [6, 6.07) is 0. The Hall–Kier alpha value is -3.24. The number of carbonyl (C=O) groups is 4. The molecule has 0 radical (unpaired) electrons. The summed E-state index contributed by atoms with van der Waals surface area (Å²) in [6.45, 7) is 4.84. The molecule has 98 heavy (non-hydrogen) atoms. The fourth-order valence-electron chi connectivity index (χ4n) is 10.8. The minimum atomic E-state index is -4.97. The van der Waals surface area contributed by atoms with E-state index in [-0.39, 0.29) is 25.7 Å². The predicted octanol–water partition coefficient (Wildman–Crippen LogP) is 22.7. The summed E-state index contributed by atoms with van der Waals surface area (Å²) < 4.78 is 68.5. The molecule has 572 valence electrons. The first kappa shape index (κ1) is 94.8. The van der Waals surface area contributed by atoms with Crippen molar-refractivity contribution >= 4 is 39.5 Å². The fraction of sp³-hybridized carbons (Fsp3) is 0.823. The average molecular weight is 1430 g/mol. The number of phosphoric ester groups is 2. The molecule has 0 aromatic carbocycles. The maximum Gasteiger partial charge on any atom is 0.472 e. The molecule has 19 heteroatoms. The standard InChI is InChI=1S/C79H144O17P2/c1-5-9-13-17-21-25-29-33-36-40-43-47-51-55-59-63-76(81)89-69-74(95-78(83)65-61-57-53-49-45-39-32-28-24-20-16-12-8-4)71-93-97(85,86)91-67-73(80)68-92-98(87,88)94-72-75(96-79(84)66-62-58-54-50-46-42-38-35-31-27-23-19-15-11-7-3)70-90-77(82)64-60-56-52-48-44-41-37-34-30-26-22-18-14-10-6-2/h21,25,28,32-38,73-75,80H,5-20,22-24,26-27,29-31,39-72H2,1-4H3,(H,85,86)(H,87,88)/b25-21-,32-28-,36-33-,37-34-,38-35-. The van der Waals surface area contributed by atoms with E-state index in [4.69, 9.17) is 37.0 Å². The van der Waals surface area contributed by atoms with Crippen LogP contribution in [0.3, 0.4) is 0 Å². The summed E-state index contributed by atoms with van der Waals surface area (Å²) in [6.07, 6.45) is 70.5. The summed E-state index contributed by atoms with van der Waals surface area (Å²) >= 11 is 0. The number of carbonyl (C=O) groups excluding carboxylic acids is 4. The number of aliphatic hydroxyl groups excluding tert-OH is 1. The molecule has 0 aliphatic carbocycles. The van der Waals surface area contributed by atoms with Crippen LogP contribution in [0, 0.1) is 0 Å². The smallest absolute Gasteiger partial charge is 0.462 e. The van der Waals surface area contributed by atoms with Crippen molar-refractivity contribution in [2.24, 2.45) is 0 Å². The number of aliphatic hydroxyl groups is 1. The van der Waals surface area contributed by atoms with Gasteiger partial charge in [0.25, 0.3) is 0 Å². The summed E-state index contributed by atoms with van der Waals surface area (Å²) in [7, 11) is -9.95. The normalized spacial score (nSPS) is 14.2. The van der Waals surface area contributed by atoms with Gasteiger partial charge in [0.15, 0.2) is 12.2 Å². The number of hydrogen-bond donors (Lipinski definition) is 3. The molecular formula is C79H144O17P2.